The van der Waals surface area contributed by atoms with Crippen LogP contribution >= 0.6 is 0 Å². The lowest BCUT2D eigenvalue weighted by Crippen LogP contribution is -2.33. The number of benzene rings is 3. The fourth-order valence-corrected chi connectivity index (χ4v) is 3.26. The summed E-state index contributed by atoms with van der Waals surface area (Å²) >= 11 is 0. The highest BCUT2D eigenvalue weighted by Gasteiger charge is 2.17. The average molecular weight is 386 g/mol. The predicted octanol–water partition coefficient (Wildman–Crippen LogP) is 4.90. The molecule has 3 aromatic rings. The van der Waals surface area contributed by atoms with E-state index in [2.05, 4.69) is 5.32 Å². The van der Waals surface area contributed by atoms with Gasteiger partial charge < -0.3 is 10.4 Å². The molecule has 29 heavy (non-hydrogen) atoms. The summed E-state index contributed by atoms with van der Waals surface area (Å²) < 4.78 is 0. The molecule has 0 aliphatic carbocycles. The first-order valence-electron chi connectivity index (χ1n) is 9.97. The van der Waals surface area contributed by atoms with Crippen molar-refractivity contribution in [1.29, 1.82) is 0 Å². The summed E-state index contributed by atoms with van der Waals surface area (Å²) in [4.78, 5) is 13.0. The van der Waals surface area contributed by atoms with Crippen LogP contribution in [0.5, 0.6) is 0 Å². The first kappa shape index (κ1) is 20.7. The number of allylic oxidation sites excluding steroid dienone is 1. The van der Waals surface area contributed by atoms with Crippen LogP contribution in [0.4, 0.5) is 0 Å². The molecular formula is C26H27NO2. The van der Waals surface area contributed by atoms with Gasteiger partial charge in [-0.3, -0.25) is 4.79 Å². The largest absolute Gasteiger partial charge is 0.387 e. The zero-order chi connectivity index (χ0) is 20.5. The van der Waals surface area contributed by atoms with Gasteiger partial charge in [-0.1, -0.05) is 91.0 Å². The van der Waals surface area contributed by atoms with Gasteiger partial charge in [0.25, 0.3) is 0 Å². The van der Waals surface area contributed by atoms with Crippen molar-refractivity contribution in [1.82, 2.24) is 5.32 Å². The number of hydrogen-bond donors (Lipinski definition) is 2. The van der Waals surface area contributed by atoms with Crippen LogP contribution in [0.3, 0.4) is 0 Å². The standard InChI is InChI=1S/C26H27NO2/c1-20(26(29)23-15-9-4-10-16-23)27-18-17-25(28)24(22-13-7-3-8-14-22)19-21-11-5-2-6-12-21/h2-16,19-20,26-27,29H,17-18H2,1H3/b24-19+. The van der Waals surface area contributed by atoms with E-state index in [9.17, 15) is 9.90 Å². The van der Waals surface area contributed by atoms with Gasteiger partial charge in [0.1, 0.15) is 0 Å². The number of ketones is 1. The van der Waals surface area contributed by atoms with Gasteiger partial charge in [-0.05, 0) is 29.7 Å². The molecule has 3 heteroatoms. The van der Waals surface area contributed by atoms with Crippen LogP contribution in [0, 0.1) is 0 Å². The van der Waals surface area contributed by atoms with Crippen LogP contribution in [0.15, 0.2) is 91.0 Å². The van der Waals surface area contributed by atoms with Gasteiger partial charge in [0.05, 0.1) is 6.10 Å². The molecule has 3 nitrogen and oxygen atoms in total. The van der Waals surface area contributed by atoms with E-state index in [4.69, 9.17) is 0 Å². The van der Waals surface area contributed by atoms with Gasteiger partial charge in [-0.15, -0.1) is 0 Å². The van der Waals surface area contributed by atoms with Crippen LogP contribution in [0.1, 0.15) is 36.1 Å². The summed E-state index contributed by atoms with van der Waals surface area (Å²) in [6.45, 7) is 2.43. The van der Waals surface area contributed by atoms with Gasteiger partial charge in [0, 0.05) is 24.6 Å². The van der Waals surface area contributed by atoms with Crippen molar-refractivity contribution in [2.24, 2.45) is 0 Å². The van der Waals surface area contributed by atoms with Gasteiger partial charge >= 0.3 is 0 Å². The molecule has 0 radical (unpaired) electrons. The Bertz CT molecular complexity index is 921. The quantitative estimate of drug-likeness (QED) is 0.407. The Kier molecular flexibility index (Phi) is 7.51. The maximum absolute atomic E-state index is 13.0. The molecule has 0 aliphatic heterocycles. The summed E-state index contributed by atoms with van der Waals surface area (Å²) in [7, 11) is 0. The Morgan fingerprint density at radius 1 is 0.897 bits per heavy atom. The molecule has 0 aliphatic rings. The fraction of sp³-hybridized carbons (Fsp3) is 0.192. The lowest BCUT2D eigenvalue weighted by Gasteiger charge is -2.20. The molecule has 3 rings (SSSR count). The smallest absolute Gasteiger partial charge is 0.164 e. The molecule has 0 bridgehead atoms. The second-order valence-corrected chi connectivity index (χ2v) is 7.11. The van der Waals surface area contributed by atoms with Crippen LogP contribution < -0.4 is 5.32 Å². The van der Waals surface area contributed by atoms with Crippen molar-refractivity contribution in [2.45, 2.75) is 25.5 Å². The van der Waals surface area contributed by atoms with Crippen molar-refractivity contribution >= 4 is 17.4 Å². The second kappa shape index (κ2) is 10.5. The number of nitrogens with one attached hydrogen (secondary N) is 1. The Balaban J connectivity index is 1.65. The van der Waals surface area contributed by atoms with Crippen molar-refractivity contribution in [3.8, 4) is 0 Å². The number of rotatable bonds is 9. The highest BCUT2D eigenvalue weighted by Crippen LogP contribution is 2.21. The SMILES string of the molecule is CC(NCCC(=O)/C(=C/c1ccccc1)c1ccccc1)C(O)c1ccccc1. The molecule has 0 amide bonds. The highest BCUT2D eigenvalue weighted by molar-refractivity contribution is 6.25. The summed E-state index contributed by atoms with van der Waals surface area (Å²) in [5.74, 6) is 0.0777. The van der Waals surface area contributed by atoms with Crippen LogP contribution in [0.2, 0.25) is 0 Å². The van der Waals surface area contributed by atoms with Gasteiger partial charge in [0.15, 0.2) is 5.78 Å². The lowest BCUT2D eigenvalue weighted by atomic mass is 9.97. The minimum atomic E-state index is -0.611. The van der Waals surface area contributed by atoms with Gasteiger partial charge in [-0.25, -0.2) is 0 Å². The lowest BCUT2D eigenvalue weighted by molar-refractivity contribution is -0.113. The molecule has 0 heterocycles. The summed E-state index contributed by atoms with van der Waals surface area (Å²) in [5, 5.41) is 13.8. The zero-order valence-corrected chi connectivity index (χ0v) is 16.7. The summed E-state index contributed by atoms with van der Waals surface area (Å²) in [6, 6.07) is 29.0. The third-order valence-corrected chi connectivity index (χ3v) is 4.93. The van der Waals surface area contributed by atoms with Crippen molar-refractivity contribution in [2.75, 3.05) is 6.54 Å². The Morgan fingerprint density at radius 2 is 1.45 bits per heavy atom. The first-order chi connectivity index (χ1) is 14.1. The molecule has 0 spiro atoms. The van der Waals surface area contributed by atoms with E-state index >= 15 is 0 Å². The normalized spacial score (nSPS) is 13.7. The molecule has 2 atom stereocenters. The third kappa shape index (κ3) is 5.98. The van der Waals surface area contributed by atoms with Crippen molar-refractivity contribution in [3.05, 3.63) is 108 Å². The van der Waals surface area contributed by atoms with Crippen LogP contribution in [-0.2, 0) is 4.79 Å². The molecule has 0 aromatic heterocycles. The average Bonchev–Trinajstić information content (AvgIpc) is 2.78. The van der Waals surface area contributed by atoms with E-state index in [1.54, 1.807) is 0 Å². The molecule has 0 saturated carbocycles. The molecule has 2 N–H and O–H groups in total. The number of aliphatic hydroxyl groups excluding tert-OH is 1. The van der Waals surface area contributed by atoms with Crippen LogP contribution in [-0.4, -0.2) is 23.5 Å². The van der Waals surface area contributed by atoms with Crippen molar-refractivity contribution in [3.63, 3.8) is 0 Å². The van der Waals surface area contributed by atoms with Gasteiger partial charge in [-0.2, -0.15) is 0 Å². The number of hydrogen-bond acceptors (Lipinski definition) is 3. The fourth-order valence-electron chi connectivity index (χ4n) is 3.26. The number of Topliss-reactive ketones (excluding diaryl/α,β-unsaturated/α-hetero) is 1. The van der Waals surface area contributed by atoms with Crippen LogP contribution in [0.25, 0.3) is 11.6 Å². The van der Waals surface area contributed by atoms with E-state index in [0.717, 1.165) is 16.7 Å². The topological polar surface area (TPSA) is 49.3 Å². The van der Waals surface area contributed by atoms with E-state index in [1.165, 1.54) is 0 Å². The molecule has 2 unspecified atom stereocenters. The number of aliphatic hydroxyl groups is 1. The molecule has 148 valence electrons. The molecule has 3 aromatic carbocycles. The second-order valence-electron chi connectivity index (χ2n) is 7.11. The monoisotopic (exact) mass is 385 g/mol. The van der Waals surface area contributed by atoms with E-state index in [0.29, 0.717) is 18.5 Å². The number of carbonyl (C=O) groups excluding carboxylic acids is 1. The Morgan fingerprint density at radius 3 is 2.07 bits per heavy atom. The molecule has 0 saturated heterocycles. The Hall–Kier alpha value is -3.01. The maximum atomic E-state index is 13.0. The predicted molar refractivity (Wildman–Crippen MR) is 119 cm³/mol. The minimum Gasteiger partial charge on any atom is -0.387 e. The molecule has 0 fully saturated rings. The minimum absolute atomic E-state index is 0.0777. The third-order valence-electron chi connectivity index (χ3n) is 4.93. The van der Waals surface area contributed by atoms with Crippen molar-refractivity contribution < 1.29 is 9.90 Å². The summed E-state index contributed by atoms with van der Waals surface area (Å²) in [6.07, 6.45) is 1.69. The Labute approximate surface area is 172 Å². The van der Waals surface area contributed by atoms with Gasteiger partial charge in [0.2, 0.25) is 0 Å². The van der Waals surface area contributed by atoms with E-state index in [-0.39, 0.29) is 11.8 Å². The summed E-state index contributed by atoms with van der Waals surface area (Å²) in [5.41, 5.74) is 3.49. The maximum Gasteiger partial charge on any atom is 0.164 e. The molecular weight excluding hydrogens is 358 g/mol. The zero-order valence-electron chi connectivity index (χ0n) is 16.7. The van der Waals surface area contributed by atoms with E-state index in [1.807, 2.05) is 104 Å². The van der Waals surface area contributed by atoms with E-state index < -0.39 is 6.10 Å². The highest BCUT2D eigenvalue weighted by atomic mass is 16.3. The first-order valence-corrected chi connectivity index (χ1v) is 9.97. The number of carbonyl (C=O) groups is 1.